The summed E-state index contributed by atoms with van der Waals surface area (Å²) in [6, 6.07) is 83.7. The van der Waals surface area contributed by atoms with Crippen molar-refractivity contribution in [1.82, 2.24) is 0 Å². The topological polar surface area (TPSA) is 53.8 Å². The molecule has 0 aliphatic rings. The summed E-state index contributed by atoms with van der Waals surface area (Å²) in [4.78, 5) is 0. The number of hydrazone groups is 1. The zero-order valence-corrected chi connectivity index (χ0v) is 34.5. The van der Waals surface area contributed by atoms with E-state index in [0.717, 1.165) is 27.3 Å². The van der Waals surface area contributed by atoms with Gasteiger partial charge in [-0.25, -0.2) is 4.21 Å². The summed E-state index contributed by atoms with van der Waals surface area (Å²) in [5.41, 5.74) is 11.2. The molecular formula is C51H47BN3OPS. The summed E-state index contributed by atoms with van der Waals surface area (Å²) < 4.78 is 18.5. The van der Waals surface area contributed by atoms with Crippen molar-refractivity contribution in [2.45, 2.75) is 0 Å². The molecule has 0 aliphatic carbocycles. The van der Waals surface area contributed by atoms with Crippen molar-refractivity contribution in [3.05, 3.63) is 248 Å². The lowest BCUT2D eigenvalue weighted by Crippen LogP contribution is -2.74. The van der Waals surface area contributed by atoms with E-state index in [9.17, 15) is 4.21 Å². The summed E-state index contributed by atoms with van der Waals surface area (Å²) in [7, 11) is -5.25. The summed E-state index contributed by atoms with van der Waals surface area (Å²) >= 11 is 0. The van der Waals surface area contributed by atoms with Crippen LogP contribution < -0.4 is 37.9 Å². The molecule has 0 fully saturated rings. The molecule has 8 rings (SSSR count). The Morgan fingerprint density at radius 1 is 0.431 bits per heavy atom. The van der Waals surface area contributed by atoms with Gasteiger partial charge < -0.3 is 0 Å². The van der Waals surface area contributed by atoms with Crippen molar-refractivity contribution >= 4 is 66.9 Å². The van der Waals surface area contributed by atoms with Crippen molar-refractivity contribution < 1.29 is 4.21 Å². The van der Waals surface area contributed by atoms with E-state index < -0.39 is 23.3 Å². The first-order valence-electron chi connectivity index (χ1n) is 19.4. The highest BCUT2D eigenvalue weighted by Gasteiger charge is 2.52. The monoisotopic (exact) mass is 791 g/mol. The normalized spacial score (nSPS) is 11.8. The van der Waals surface area contributed by atoms with Gasteiger partial charge in [0.2, 0.25) is 5.45 Å². The fraction of sp³-hybridized carbons (Fsp3) is 0.0392. The molecule has 0 radical (unpaired) electrons. The number of anilines is 1. The minimum atomic E-state index is -2.75. The summed E-state index contributed by atoms with van der Waals surface area (Å²) in [5.74, 6) is 0. The highest BCUT2D eigenvalue weighted by molar-refractivity contribution is 8.08. The predicted molar refractivity (Wildman–Crippen MR) is 255 cm³/mol. The van der Waals surface area contributed by atoms with Gasteiger partial charge in [0.25, 0.3) is 7.41 Å². The predicted octanol–water partition coefficient (Wildman–Crippen LogP) is 8.84. The first-order chi connectivity index (χ1) is 28.4. The Balaban J connectivity index is 0.000000183. The molecule has 0 bridgehead atoms. The van der Waals surface area contributed by atoms with Gasteiger partial charge in [0, 0.05) is 18.1 Å². The Labute approximate surface area is 344 Å². The van der Waals surface area contributed by atoms with Crippen molar-refractivity contribution in [2.75, 3.05) is 17.9 Å². The van der Waals surface area contributed by atoms with E-state index in [2.05, 4.69) is 151 Å². The molecule has 0 saturated carbocycles. The maximum atomic E-state index is 13.3. The number of nitrogens with zero attached hydrogens (tertiary/aromatic N) is 2. The second kappa shape index (κ2) is 18.7. The van der Waals surface area contributed by atoms with Crippen LogP contribution in [-0.2, 0) is 9.73 Å². The van der Waals surface area contributed by atoms with Gasteiger partial charge in [-0.2, -0.15) is 21.9 Å². The maximum Gasteiger partial charge on any atom is 0.261 e. The Morgan fingerprint density at radius 3 is 1.05 bits per heavy atom. The molecule has 7 heteroatoms. The number of hydrogen-bond donors (Lipinski definition) is 1. The van der Waals surface area contributed by atoms with E-state index >= 15 is 0 Å². The van der Waals surface area contributed by atoms with Crippen LogP contribution in [0.3, 0.4) is 0 Å². The first-order valence-corrected chi connectivity index (χ1v) is 23.5. The van der Waals surface area contributed by atoms with Gasteiger partial charge in [-0.1, -0.05) is 198 Å². The number of nitrogens with one attached hydrogen (secondary N) is 1. The van der Waals surface area contributed by atoms with Crippen LogP contribution in [0.25, 0.3) is 0 Å². The number of benzene rings is 8. The third kappa shape index (κ3) is 8.95. The number of hydrogen-bond acceptors (Lipinski definition) is 4. The molecule has 1 N–H and O–H groups in total. The molecule has 0 heterocycles. The molecule has 0 amide bonds. The molecule has 0 saturated heterocycles. The highest BCUT2D eigenvalue weighted by Crippen LogP contribution is 2.61. The number of para-hydroxylation sites is 1. The summed E-state index contributed by atoms with van der Waals surface area (Å²) in [6.45, 7) is 0. The van der Waals surface area contributed by atoms with Crippen molar-refractivity contribution in [2.24, 2.45) is 9.23 Å². The second-order valence-electron chi connectivity index (χ2n) is 14.4. The van der Waals surface area contributed by atoms with Crippen LogP contribution in [0.5, 0.6) is 0 Å². The van der Waals surface area contributed by atoms with Crippen LogP contribution in [0, 0.1) is 0 Å². The van der Waals surface area contributed by atoms with Gasteiger partial charge in [-0.3, -0.25) is 5.43 Å². The number of rotatable bonds is 11. The molecule has 8 aromatic carbocycles. The van der Waals surface area contributed by atoms with Crippen molar-refractivity contribution in [3.63, 3.8) is 0 Å². The van der Waals surface area contributed by atoms with Gasteiger partial charge in [0.05, 0.1) is 15.4 Å². The van der Waals surface area contributed by atoms with Gasteiger partial charge in [-0.15, -0.1) is 5.10 Å². The second-order valence-corrected chi connectivity index (χ2v) is 20.1. The SMILES string of the molecule is CS(C)(=O)=N[P+](C(=NNc1ccccc1)c1ccccc1)(c1ccccc1)c1ccccc1.c1ccc([B-](c2ccccc2)(c2ccccc2)c2ccccc2)cc1. The largest absolute Gasteiger partial charge is 0.275 e. The average molecular weight is 792 g/mol. The van der Waals surface area contributed by atoms with Gasteiger partial charge in [0.1, 0.15) is 16.8 Å². The third-order valence-corrected chi connectivity index (χ3v) is 15.8. The fourth-order valence-electron chi connectivity index (χ4n) is 7.77. The van der Waals surface area contributed by atoms with Gasteiger partial charge >= 0.3 is 0 Å². The van der Waals surface area contributed by atoms with Crippen LogP contribution in [0.1, 0.15) is 5.56 Å². The van der Waals surface area contributed by atoms with Gasteiger partial charge in [0.15, 0.2) is 0 Å². The Morgan fingerprint density at radius 2 is 0.724 bits per heavy atom. The molecule has 286 valence electrons. The van der Waals surface area contributed by atoms with Crippen LogP contribution in [0.15, 0.2) is 252 Å². The minimum absolute atomic E-state index is 0.778. The highest BCUT2D eigenvalue weighted by atomic mass is 32.2. The van der Waals surface area contributed by atoms with E-state index in [0.29, 0.717) is 0 Å². The Hall–Kier alpha value is -6.33. The van der Waals surface area contributed by atoms with E-state index in [-0.39, 0.29) is 0 Å². The molecule has 0 aromatic heterocycles. The molecule has 0 spiro atoms. The molecule has 4 nitrogen and oxygen atoms in total. The fourth-order valence-corrected chi connectivity index (χ4v) is 13.9. The molecule has 0 unspecified atom stereocenters. The third-order valence-electron chi connectivity index (χ3n) is 10.2. The minimum Gasteiger partial charge on any atom is -0.275 e. The molecular weight excluding hydrogens is 744 g/mol. The standard InChI is InChI=1S/C27H27N3OPS.C24H20B/c1-33(2,31)30-32(25-19-11-5-12-20-25,26-21-13-6-14-22-26)27(23-15-7-3-8-16-23)29-28-24-17-9-4-10-18-24;1-5-13-21(14-6-1)25(22-15-7-2-8-16-22,23-17-9-3-10-18-23)24-19-11-4-12-20-24/h3-22,28H,1-2H3;1-20H/q+1;-1. The Bertz CT molecular complexity index is 2420. The quantitative estimate of drug-likeness (QED) is 0.0617. The van der Waals surface area contributed by atoms with E-state index in [1.807, 2.05) is 97.1 Å². The molecule has 0 aliphatic heterocycles. The summed E-state index contributed by atoms with van der Waals surface area (Å²) in [6.07, 6.45) is 2.18. The van der Waals surface area contributed by atoms with Crippen LogP contribution >= 0.6 is 7.41 Å². The van der Waals surface area contributed by atoms with Gasteiger partial charge in [-0.05, 0) is 48.5 Å². The summed E-state index contributed by atoms with van der Waals surface area (Å²) in [5, 5.41) is 6.98. The smallest absolute Gasteiger partial charge is 0.261 e. The average Bonchev–Trinajstić information content (AvgIpc) is 3.29. The first kappa shape index (κ1) is 39.9. The molecule has 8 aromatic rings. The lowest BCUT2D eigenvalue weighted by Gasteiger charge is -2.44. The molecule has 0 atom stereocenters. The zero-order valence-electron chi connectivity index (χ0n) is 32.8. The van der Waals surface area contributed by atoms with Crippen molar-refractivity contribution in [1.29, 1.82) is 0 Å². The van der Waals surface area contributed by atoms with E-state index in [1.165, 1.54) is 21.9 Å². The molecule has 58 heavy (non-hydrogen) atoms. The van der Waals surface area contributed by atoms with Crippen molar-refractivity contribution in [3.8, 4) is 0 Å². The van der Waals surface area contributed by atoms with E-state index in [4.69, 9.17) is 9.23 Å². The van der Waals surface area contributed by atoms with Crippen LogP contribution in [-0.4, -0.2) is 28.3 Å². The maximum absolute atomic E-state index is 13.3. The van der Waals surface area contributed by atoms with Crippen LogP contribution in [0.2, 0.25) is 0 Å². The zero-order chi connectivity index (χ0) is 40.1. The van der Waals surface area contributed by atoms with Crippen LogP contribution in [0.4, 0.5) is 5.69 Å². The Kier molecular flexibility index (Phi) is 12.9. The lowest BCUT2D eigenvalue weighted by atomic mass is 9.13. The van der Waals surface area contributed by atoms with E-state index in [1.54, 1.807) is 12.5 Å². The lowest BCUT2D eigenvalue weighted by molar-refractivity contribution is 0.685.